The fourth-order valence-electron chi connectivity index (χ4n) is 1.54. The predicted octanol–water partition coefficient (Wildman–Crippen LogP) is 3.08. The summed E-state index contributed by atoms with van der Waals surface area (Å²) >= 11 is 3.36. The Morgan fingerprint density at radius 3 is 2.53 bits per heavy atom. The normalized spacial score (nSPS) is 10.4. The summed E-state index contributed by atoms with van der Waals surface area (Å²) in [4.78, 5) is 24.1. The molecule has 5 nitrogen and oxygen atoms in total. The van der Waals surface area contributed by atoms with Crippen molar-refractivity contribution in [1.82, 2.24) is 4.90 Å². The van der Waals surface area contributed by atoms with Crippen molar-refractivity contribution < 1.29 is 14.7 Å². The first-order chi connectivity index (χ1) is 8.81. The lowest BCUT2D eigenvalue weighted by Crippen LogP contribution is -2.43. The van der Waals surface area contributed by atoms with Gasteiger partial charge in [0.15, 0.2) is 0 Å². The number of aliphatic carboxylic acids is 1. The Balaban J connectivity index is 2.84. The van der Waals surface area contributed by atoms with Crippen LogP contribution in [0, 0.1) is 6.92 Å². The van der Waals surface area contributed by atoms with Gasteiger partial charge in [-0.3, -0.25) is 4.79 Å². The lowest BCUT2D eigenvalue weighted by atomic mass is 10.2. The summed E-state index contributed by atoms with van der Waals surface area (Å²) in [6.07, 6.45) is 0. The van der Waals surface area contributed by atoms with E-state index < -0.39 is 12.0 Å². The first kappa shape index (κ1) is 15.5. The van der Waals surface area contributed by atoms with Gasteiger partial charge in [-0.1, -0.05) is 6.07 Å². The van der Waals surface area contributed by atoms with Crippen LogP contribution < -0.4 is 5.32 Å². The molecule has 1 aromatic rings. The van der Waals surface area contributed by atoms with Crippen molar-refractivity contribution in [3.8, 4) is 0 Å². The minimum absolute atomic E-state index is 0.194. The number of rotatable bonds is 4. The zero-order chi connectivity index (χ0) is 14.6. The highest BCUT2D eigenvalue weighted by Gasteiger charge is 2.20. The summed E-state index contributed by atoms with van der Waals surface area (Å²) in [7, 11) is 0. The second kappa shape index (κ2) is 6.56. The average Bonchev–Trinajstić information content (AvgIpc) is 2.29. The van der Waals surface area contributed by atoms with Crippen molar-refractivity contribution in [3.05, 3.63) is 28.2 Å². The van der Waals surface area contributed by atoms with E-state index in [0.29, 0.717) is 5.69 Å². The van der Waals surface area contributed by atoms with Crippen LogP contribution in [0.5, 0.6) is 0 Å². The number of carbonyl (C=O) groups excluding carboxylic acids is 1. The van der Waals surface area contributed by atoms with Crippen LogP contribution in [-0.4, -0.2) is 34.6 Å². The second-order valence-electron chi connectivity index (χ2n) is 4.53. The quantitative estimate of drug-likeness (QED) is 0.892. The van der Waals surface area contributed by atoms with Crippen LogP contribution in [-0.2, 0) is 4.79 Å². The van der Waals surface area contributed by atoms with E-state index in [-0.39, 0.29) is 12.6 Å². The molecule has 0 saturated heterocycles. The highest BCUT2D eigenvalue weighted by molar-refractivity contribution is 9.10. The van der Waals surface area contributed by atoms with E-state index in [1.54, 1.807) is 19.9 Å². The Morgan fingerprint density at radius 1 is 1.42 bits per heavy atom. The molecule has 6 heteroatoms. The first-order valence-electron chi connectivity index (χ1n) is 5.87. The molecule has 0 aliphatic carbocycles. The molecule has 0 saturated carbocycles. The largest absolute Gasteiger partial charge is 0.480 e. The molecule has 0 aliphatic rings. The van der Waals surface area contributed by atoms with Gasteiger partial charge in [-0.15, -0.1) is 0 Å². The Kier molecular flexibility index (Phi) is 5.35. The SMILES string of the molecule is Cc1ccc(NC(=O)N(CC(=O)O)C(C)C)c(Br)c1. The third-order valence-electron chi connectivity index (χ3n) is 2.56. The van der Waals surface area contributed by atoms with Crippen LogP contribution in [0.15, 0.2) is 22.7 Å². The molecule has 0 spiro atoms. The molecule has 1 aromatic carbocycles. The number of carbonyl (C=O) groups is 2. The van der Waals surface area contributed by atoms with Gasteiger partial charge in [-0.05, 0) is 54.4 Å². The number of nitrogens with one attached hydrogen (secondary N) is 1. The zero-order valence-electron chi connectivity index (χ0n) is 11.1. The maximum Gasteiger partial charge on any atom is 0.323 e. The van der Waals surface area contributed by atoms with Gasteiger partial charge in [-0.25, -0.2) is 4.79 Å². The molecule has 0 atom stereocenters. The number of anilines is 1. The molecule has 0 unspecified atom stereocenters. The number of nitrogens with zero attached hydrogens (tertiary/aromatic N) is 1. The van der Waals surface area contributed by atoms with Crippen molar-refractivity contribution in [2.24, 2.45) is 0 Å². The number of aryl methyl sites for hydroxylation is 1. The van der Waals surface area contributed by atoms with Gasteiger partial charge in [-0.2, -0.15) is 0 Å². The number of benzene rings is 1. The summed E-state index contributed by atoms with van der Waals surface area (Å²) in [6, 6.07) is 4.91. The van der Waals surface area contributed by atoms with E-state index in [1.165, 1.54) is 4.90 Å². The van der Waals surface area contributed by atoms with E-state index in [0.717, 1.165) is 10.0 Å². The summed E-state index contributed by atoms with van der Waals surface area (Å²) < 4.78 is 0.764. The number of urea groups is 1. The van der Waals surface area contributed by atoms with Gasteiger partial charge in [0.2, 0.25) is 0 Å². The molecular formula is C13H17BrN2O3. The minimum atomic E-state index is -1.04. The summed E-state index contributed by atoms with van der Waals surface area (Å²) in [6.45, 7) is 5.16. The molecule has 2 N–H and O–H groups in total. The molecular weight excluding hydrogens is 312 g/mol. The number of halogens is 1. The van der Waals surface area contributed by atoms with Crippen molar-refractivity contribution >= 4 is 33.6 Å². The van der Waals surface area contributed by atoms with Gasteiger partial charge in [0, 0.05) is 10.5 Å². The van der Waals surface area contributed by atoms with Crippen molar-refractivity contribution in [1.29, 1.82) is 0 Å². The van der Waals surface area contributed by atoms with E-state index in [9.17, 15) is 9.59 Å². The average molecular weight is 329 g/mol. The monoisotopic (exact) mass is 328 g/mol. The predicted molar refractivity (Wildman–Crippen MR) is 77.4 cm³/mol. The number of carboxylic acid groups (broad SMARTS) is 1. The third kappa shape index (κ3) is 4.55. The van der Waals surface area contributed by atoms with Crippen LogP contribution >= 0.6 is 15.9 Å². The lowest BCUT2D eigenvalue weighted by Gasteiger charge is -2.25. The standard InChI is InChI=1S/C13H17BrN2O3/c1-8(2)16(7-12(17)18)13(19)15-11-5-4-9(3)6-10(11)14/h4-6,8H,7H2,1-3H3,(H,15,19)(H,17,18). The van der Waals surface area contributed by atoms with E-state index in [4.69, 9.17) is 5.11 Å². The van der Waals surface area contributed by atoms with Crippen molar-refractivity contribution in [2.75, 3.05) is 11.9 Å². The second-order valence-corrected chi connectivity index (χ2v) is 5.38. The van der Waals surface area contributed by atoms with E-state index in [2.05, 4.69) is 21.2 Å². The highest BCUT2D eigenvalue weighted by atomic mass is 79.9. The smallest absolute Gasteiger partial charge is 0.323 e. The summed E-state index contributed by atoms with van der Waals surface area (Å²) in [5, 5.41) is 11.5. The zero-order valence-corrected chi connectivity index (χ0v) is 12.7. The van der Waals surface area contributed by atoms with Gasteiger partial charge in [0.25, 0.3) is 0 Å². The van der Waals surface area contributed by atoms with Gasteiger partial charge >= 0.3 is 12.0 Å². The third-order valence-corrected chi connectivity index (χ3v) is 3.21. The maximum atomic E-state index is 12.1. The van der Waals surface area contributed by atoms with Gasteiger partial charge < -0.3 is 15.3 Å². The molecule has 0 bridgehead atoms. The van der Waals surface area contributed by atoms with Crippen LogP contribution in [0.4, 0.5) is 10.5 Å². The fourth-order valence-corrected chi connectivity index (χ4v) is 2.14. The van der Waals surface area contributed by atoms with Crippen LogP contribution in [0.25, 0.3) is 0 Å². The maximum absolute atomic E-state index is 12.1. The van der Waals surface area contributed by atoms with E-state index >= 15 is 0 Å². The summed E-state index contributed by atoms with van der Waals surface area (Å²) in [5.41, 5.74) is 1.68. The Hall–Kier alpha value is -1.56. The van der Waals surface area contributed by atoms with Crippen molar-refractivity contribution in [3.63, 3.8) is 0 Å². The molecule has 0 aromatic heterocycles. The fraction of sp³-hybridized carbons (Fsp3) is 0.385. The molecule has 0 fully saturated rings. The molecule has 1 rings (SSSR count). The lowest BCUT2D eigenvalue weighted by molar-refractivity contribution is -0.137. The van der Waals surface area contributed by atoms with Gasteiger partial charge in [0.1, 0.15) is 6.54 Å². The number of carboxylic acids is 1. The molecule has 2 amide bonds. The Labute approximate surface area is 120 Å². The van der Waals surface area contributed by atoms with E-state index in [1.807, 2.05) is 19.1 Å². The number of hydrogen-bond donors (Lipinski definition) is 2. The van der Waals surface area contributed by atoms with Crippen LogP contribution in [0.2, 0.25) is 0 Å². The molecule has 104 valence electrons. The minimum Gasteiger partial charge on any atom is -0.480 e. The molecule has 0 aliphatic heterocycles. The molecule has 19 heavy (non-hydrogen) atoms. The Morgan fingerprint density at radius 2 is 2.05 bits per heavy atom. The van der Waals surface area contributed by atoms with Crippen LogP contribution in [0.3, 0.4) is 0 Å². The summed E-state index contributed by atoms with van der Waals surface area (Å²) in [5.74, 6) is -1.04. The Bertz CT molecular complexity index is 489. The number of hydrogen-bond acceptors (Lipinski definition) is 2. The van der Waals surface area contributed by atoms with Gasteiger partial charge in [0.05, 0.1) is 5.69 Å². The molecule has 0 radical (unpaired) electrons. The first-order valence-corrected chi connectivity index (χ1v) is 6.66. The topological polar surface area (TPSA) is 69.6 Å². The van der Waals surface area contributed by atoms with Crippen LogP contribution in [0.1, 0.15) is 19.4 Å². The van der Waals surface area contributed by atoms with Crippen molar-refractivity contribution in [2.45, 2.75) is 26.8 Å². The number of amides is 2. The molecule has 0 heterocycles. The highest BCUT2D eigenvalue weighted by Crippen LogP contribution is 2.23.